The van der Waals surface area contributed by atoms with Crippen molar-refractivity contribution in [3.63, 3.8) is 0 Å². The molecule has 5 heteroatoms. The summed E-state index contributed by atoms with van der Waals surface area (Å²) < 4.78 is 6.50. The van der Waals surface area contributed by atoms with Crippen LogP contribution in [0.1, 0.15) is 33.3 Å². The van der Waals surface area contributed by atoms with Crippen molar-refractivity contribution >= 4 is 39.1 Å². The van der Waals surface area contributed by atoms with Crippen LogP contribution in [0.25, 0.3) is 0 Å². The minimum atomic E-state index is -0.618. The predicted octanol–water partition coefficient (Wildman–Crippen LogP) is 5.81. The second kappa shape index (κ2) is 7.58. The van der Waals surface area contributed by atoms with Crippen LogP contribution < -0.4 is 10.1 Å². The van der Waals surface area contributed by atoms with E-state index < -0.39 is 6.10 Å². The Morgan fingerprint density at radius 2 is 1.79 bits per heavy atom. The average molecular weight is 411 g/mol. The van der Waals surface area contributed by atoms with E-state index in [4.69, 9.17) is 16.3 Å². The Morgan fingerprint density at radius 1 is 1.17 bits per heavy atom. The van der Waals surface area contributed by atoms with Crippen LogP contribution >= 0.6 is 27.5 Å². The van der Waals surface area contributed by atoms with Gasteiger partial charge < -0.3 is 10.1 Å². The number of benzene rings is 2. The lowest BCUT2D eigenvalue weighted by molar-refractivity contribution is -0.122. The van der Waals surface area contributed by atoms with Crippen LogP contribution in [0.3, 0.4) is 0 Å². The highest BCUT2D eigenvalue weighted by Gasteiger charge is 2.17. The molecule has 24 heavy (non-hydrogen) atoms. The normalized spacial score (nSPS) is 12.6. The molecule has 0 heterocycles. The summed E-state index contributed by atoms with van der Waals surface area (Å²) in [6, 6.07) is 13.1. The average Bonchev–Trinajstić information content (AvgIpc) is 2.50. The molecule has 0 spiro atoms. The summed E-state index contributed by atoms with van der Waals surface area (Å²) in [5.41, 5.74) is 1.94. The number of amides is 1. The molecule has 0 aliphatic heterocycles. The molecule has 1 N–H and O–H groups in total. The largest absolute Gasteiger partial charge is 0.481 e. The van der Waals surface area contributed by atoms with Gasteiger partial charge in [-0.1, -0.05) is 44.5 Å². The third-order valence-electron chi connectivity index (χ3n) is 3.59. The molecule has 1 atom stereocenters. The van der Waals surface area contributed by atoms with E-state index in [1.54, 1.807) is 25.1 Å². The fraction of sp³-hybridized carbons (Fsp3) is 0.316. The van der Waals surface area contributed by atoms with Gasteiger partial charge in [0.25, 0.3) is 5.91 Å². The summed E-state index contributed by atoms with van der Waals surface area (Å²) in [6.45, 7) is 8.18. The molecule has 128 valence electrons. The summed E-state index contributed by atoms with van der Waals surface area (Å²) in [6.07, 6.45) is -0.618. The Kier molecular flexibility index (Phi) is 5.94. The van der Waals surface area contributed by atoms with E-state index in [0.29, 0.717) is 16.5 Å². The highest BCUT2D eigenvalue weighted by atomic mass is 79.9. The molecule has 0 bridgehead atoms. The highest BCUT2D eigenvalue weighted by molar-refractivity contribution is 9.10. The van der Waals surface area contributed by atoms with Gasteiger partial charge in [-0.05, 0) is 64.2 Å². The standard InChI is InChI=1S/C19H21BrClNO2/c1-12(18(23)22-14-7-10-16(20)17(21)11-14)24-15-8-5-13(6-9-15)19(2,3)4/h5-12H,1-4H3,(H,22,23)/t12-/m1/s1. The maximum absolute atomic E-state index is 12.2. The smallest absolute Gasteiger partial charge is 0.265 e. The Bertz CT molecular complexity index is 723. The molecule has 0 aliphatic carbocycles. The number of hydrogen-bond acceptors (Lipinski definition) is 2. The Hall–Kier alpha value is -1.52. The fourth-order valence-electron chi connectivity index (χ4n) is 2.11. The Labute approximate surface area is 156 Å². The Morgan fingerprint density at radius 3 is 2.33 bits per heavy atom. The summed E-state index contributed by atoms with van der Waals surface area (Å²) in [5.74, 6) is 0.438. The van der Waals surface area contributed by atoms with Gasteiger partial charge in [0.15, 0.2) is 6.10 Å². The number of ether oxygens (including phenoxy) is 1. The van der Waals surface area contributed by atoms with Crippen molar-refractivity contribution in [3.05, 3.63) is 57.5 Å². The number of halogens is 2. The molecule has 2 aromatic rings. The van der Waals surface area contributed by atoms with Crippen LogP contribution in [0.4, 0.5) is 5.69 Å². The van der Waals surface area contributed by atoms with Gasteiger partial charge in [-0.25, -0.2) is 0 Å². The van der Waals surface area contributed by atoms with Crippen LogP contribution in [-0.4, -0.2) is 12.0 Å². The maximum atomic E-state index is 12.2. The van der Waals surface area contributed by atoms with E-state index in [1.165, 1.54) is 5.56 Å². The van der Waals surface area contributed by atoms with Crippen molar-refractivity contribution in [2.24, 2.45) is 0 Å². The van der Waals surface area contributed by atoms with Gasteiger partial charge in [0.1, 0.15) is 5.75 Å². The number of anilines is 1. The quantitative estimate of drug-likeness (QED) is 0.691. The lowest BCUT2D eigenvalue weighted by Gasteiger charge is -2.20. The minimum absolute atomic E-state index is 0.0857. The first-order valence-electron chi connectivity index (χ1n) is 7.70. The molecule has 0 aromatic heterocycles. The summed E-state index contributed by atoms with van der Waals surface area (Å²) >= 11 is 9.35. The van der Waals surface area contributed by atoms with E-state index in [2.05, 4.69) is 42.0 Å². The first kappa shape index (κ1) is 18.8. The first-order valence-corrected chi connectivity index (χ1v) is 8.87. The van der Waals surface area contributed by atoms with Crippen LogP contribution in [0.15, 0.2) is 46.9 Å². The minimum Gasteiger partial charge on any atom is -0.481 e. The third-order valence-corrected chi connectivity index (χ3v) is 4.82. The van der Waals surface area contributed by atoms with Crippen LogP contribution in [-0.2, 0) is 10.2 Å². The van der Waals surface area contributed by atoms with Crippen molar-refractivity contribution in [1.29, 1.82) is 0 Å². The second-order valence-corrected chi connectivity index (χ2v) is 7.91. The van der Waals surface area contributed by atoms with Crippen LogP contribution in [0.5, 0.6) is 5.75 Å². The van der Waals surface area contributed by atoms with Crippen molar-refractivity contribution in [2.75, 3.05) is 5.32 Å². The lowest BCUT2D eigenvalue weighted by atomic mass is 9.87. The Balaban J connectivity index is 1.99. The maximum Gasteiger partial charge on any atom is 0.265 e. The van der Waals surface area contributed by atoms with Crippen molar-refractivity contribution in [2.45, 2.75) is 39.2 Å². The number of nitrogens with one attached hydrogen (secondary N) is 1. The summed E-state index contributed by atoms with van der Waals surface area (Å²) in [7, 11) is 0. The molecular weight excluding hydrogens is 390 g/mol. The van der Waals surface area contributed by atoms with E-state index >= 15 is 0 Å². The zero-order valence-electron chi connectivity index (χ0n) is 14.2. The van der Waals surface area contributed by atoms with E-state index in [1.807, 2.05) is 24.3 Å². The van der Waals surface area contributed by atoms with Crippen molar-refractivity contribution in [1.82, 2.24) is 0 Å². The van der Waals surface area contributed by atoms with E-state index in [-0.39, 0.29) is 11.3 Å². The van der Waals surface area contributed by atoms with Gasteiger partial charge >= 0.3 is 0 Å². The number of carbonyl (C=O) groups is 1. The van der Waals surface area contributed by atoms with Gasteiger partial charge in [-0.2, -0.15) is 0 Å². The van der Waals surface area contributed by atoms with Gasteiger partial charge in [0.05, 0.1) is 5.02 Å². The van der Waals surface area contributed by atoms with Crippen molar-refractivity contribution < 1.29 is 9.53 Å². The molecule has 0 saturated carbocycles. The van der Waals surface area contributed by atoms with Crippen LogP contribution in [0.2, 0.25) is 5.02 Å². The number of hydrogen-bond donors (Lipinski definition) is 1. The summed E-state index contributed by atoms with van der Waals surface area (Å²) in [5, 5.41) is 3.34. The molecule has 0 unspecified atom stereocenters. The highest BCUT2D eigenvalue weighted by Crippen LogP contribution is 2.26. The molecular formula is C19H21BrClNO2. The predicted molar refractivity (Wildman–Crippen MR) is 103 cm³/mol. The van der Waals surface area contributed by atoms with E-state index in [9.17, 15) is 4.79 Å². The van der Waals surface area contributed by atoms with Gasteiger partial charge in [0.2, 0.25) is 0 Å². The van der Waals surface area contributed by atoms with Crippen molar-refractivity contribution in [3.8, 4) is 5.75 Å². The lowest BCUT2D eigenvalue weighted by Crippen LogP contribution is -2.30. The zero-order chi connectivity index (χ0) is 17.9. The number of rotatable bonds is 4. The fourth-order valence-corrected chi connectivity index (χ4v) is 2.54. The number of carbonyl (C=O) groups excluding carboxylic acids is 1. The van der Waals surface area contributed by atoms with Gasteiger partial charge in [0, 0.05) is 10.2 Å². The zero-order valence-corrected chi connectivity index (χ0v) is 16.5. The molecule has 2 rings (SSSR count). The molecule has 3 nitrogen and oxygen atoms in total. The molecule has 0 fully saturated rings. The van der Waals surface area contributed by atoms with Gasteiger partial charge in [-0.15, -0.1) is 0 Å². The second-order valence-electron chi connectivity index (χ2n) is 6.65. The first-order chi connectivity index (χ1) is 11.2. The van der Waals surface area contributed by atoms with Gasteiger partial charge in [-0.3, -0.25) is 4.79 Å². The molecule has 1 amide bonds. The summed E-state index contributed by atoms with van der Waals surface area (Å²) in [4.78, 5) is 12.2. The topological polar surface area (TPSA) is 38.3 Å². The molecule has 0 radical (unpaired) electrons. The molecule has 2 aromatic carbocycles. The molecule has 0 aliphatic rings. The molecule has 0 saturated heterocycles. The monoisotopic (exact) mass is 409 g/mol. The van der Waals surface area contributed by atoms with Crippen LogP contribution in [0, 0.1) is 0 Å². The third kappa shape index (κ3) is 4.99. The van der Waals surface area contributed by atoms with E-state index in [0.717, 1.165) is 4.47 Å². The SMILES string of the molecule is C[C@@H](Oc1ccc(C(C)(C)C)cc1)C(=O)Nc1ccc(Br)c(Cl)c1.